The van der Waals surface area contributed by atoms with Crippen LogP contribution in [0.1, 0.15) is 31.8 Å². The Hall–Kier alpha value is -3.66. The molecule has 0 bridgehead atoms. The minimum atomic E-state index is -0.226. The van der Waals surface area contributed by atoms with Gasteiger partial charge in [-0.3, -0.25) is 9.59 Å². The molecule has 0 unspecified atom stereocenters. The molecule has 28 heavy (non-hydrogen) atoms. The van der Waals surface area contributed by atoms with Crippen LogP contribution < -0.4 is 9.47 Å². The first-order valence-electron chi connectivity index (χ1n) is 8.94. The molecule has 1 aliphatic carbocycles. The van der Waals surface area contributed by atoms with E-state index in [4.69, 9.17) is 9.47 Å². The molecule has 0 amide bonds. The summed E-state index contributed by atoms with van der Waals surface area (Å²) >= 11 is 0. The average Bonchev–Trinajstić information content (AvgIpc) is 2.74. The highest BCUT2D eigenvalue weighted by Gasteiger charge is 2.37. The lowest BCUT2D eigenvalue weighted by atomic mass is 9.80. The molecule has 4 nitrogen and oxygen atoms in total. The van der Waals surface area contributed by atoms with Crippen molar-refractivity contribution < 1.29 is 19.1 Å². The number of methoxy groups -OCH3 is 2. The smallest absolute Gasteiger partial charge is 0.198 e. The summed E-state index contributed by atoms with van der Waals surface area (Å²) in [6, 6.07) is 18.7. The summed E-state index contributed by atoms with van der Waals surface area (Å²) in [5, 5.41) is 3.31. The summed E-state index contributed by atoms with van der Waals surface area (Å²) in [6.07, 6.45) is 0. The maximum Gasteiger partial charge on any atom is 0.198 e. The largest absolute Gasteiger partial charge is 0.495 e. The van der Waals surface area contributed by atoms with E-state index >= 15 is 0 Å². The van der Waals surface area contributed by atoms with Crippen molar-refractivity contribution in [3.8, 4) is 11.5 Å². The van der Waals surface area contributed by atoms with Crippen molar-refractivity contribution in [2.24, 2.45) is 0 Å². The highest BCUT2D eigenvalue weighted by molar-refractivity contribution is 6.33. The zero-order chi connectivity index (χ0) is 19.4. The summed E-state index contributed by atoms with van der Waals surface area (Å²) in [4.78, 5) is 27.0. The van der Waals surface area contributed by atoms with E-state index in [9.17, 15) is 9.59 Å². The molecule has 0 radical (unpaired) electrons. The lowest BCUT2D eigenvalue weighted by Crippen LogP contribution is -2.23. The first-order chi connectivity index (χ1) is 13.7. The van der Waals surface area contributed by atoms with Crippen LogP contribution in [0.2, 0.25) is 0 Å². The Morgan fingerprint density at radius 3 is 1.39 bits per heavy atom. The Balaban J connectivity index is 1.94. The number of hydrogen-bond acceptors (Lipinski definition) is 4. The summed E-state index contributed by atoms with van der Waals surface area (Å²) in [5.41, 5.74) is 1.33. The zero-order valence-corrected chi connectivity index (χ0v) is 15.4. The molecule has 0 spiro atoms. The molecule has 4 heteroatoms. The lowest BCUT2D eigenvalue weighted by Gasteiger charge is -2.24. The molecule has 0 saturated carbocycles. The van der Waals surface area contributed by atoms with Crippen LogP contribution in [-0.2, 0) is 0 Å². The highest BCUT2D eigenvalue weighted by atomic mass is 16.5. The summed E-state index contributed by atoms with van der Waals surface area (Å²) in [7, 11) is 3.03. The van der Waals surface area contributed by atoms with Gasteiger partial charge in [0.2, 0.25) is 0 Å². The van der Waals surface area contributed by atoms with E-state index in [1.54, 1.807) is 12.1 Å². The third kappa shape index (κ3) is 2.06. The van der Waals surface area contributed by atoms with Crippen molar-refractivity contribution in [3.63, 3.8) is 0 Å². The fourth-order valence-corrected chi connectivity index (χ4v) is 4.12. The van der Waals surface area contributed by atoms with Crippen molar-refractivity contribution in [1.82, 2.24) is 0 Å². The van der Waals surface area contributed by atoms with Gasteiger partial charge in [0.25, 0.3) is 0 Å². The molecule has 0 fully saturated rings. The maximum atomic E-state index is 13.5. The topological polar surface area (TPSA) is 52.6 Å². The Kier molecular flexibility index (Phi) is 3.49. The maximum absolute atomic E-state index is 13.5. The van der Waals surface area contributed by atoms with E-state index in [2.05, 4.69) is 0 Å². The van der Waals surface area contributed by atoms with Crippen LogP contribution in [0.3, 0.4) is 0 Å². The van der Waals surface area contributed by atoms with Crippen LogP contribution >= 0.6 is 0 Å². The van der Waals surface area contributed by atoms with Gasteiger partial charge in [-0.25, -0.2) is 0 Å². The van der Waals surface area contributed by atoms with E-state index in [0.717, 1.165) is 21.5 Å². The zero-order valence-electron chi connectivity index (χ0n) is 15.4. The molecular weight excluding hydrogens is 352 g/mol. The van der Waals surface area contributed by atoms with Crippen LogP contribution in [0, 0.1) is 0 Å². The second-order valence-electron chi connectivity index (χ2n) is 6.77. The number of ether oxygens (including phenoxy) is 2. The highest BCUT2D eigenvalue weighted by Crippen LogP contribution is 2.45. The van der Waals surface area contributed by atoms with E-state index < -0.39 is 0 Å². The molecule has 0 aromatic heterocycles. The Morgan fingerprint density at radius 2 is 1.00 bits per heavy atom. The molecular formula is C24H16O4. The minimum Gasteiger partial charge on any atom is -0.495 e. The number of hydrogen-bond donors (Lipinski definition) is 0. The van der Waals surface area contributed by atoms with Gasteiger partial charge in [-0.1, -0.05) is 48.5 Å². The predicted molar refractivity (Wildman–Crippen MR) is 108 cm³/mol. The summed E-state index contributed by atoms with van der Waals surface area (Å²) in [5.74, 6) is 0.361. The number of benzene rings is 4. The van der Waals surface area contributed by atoms with Gasteiger partial charge in [-0.15, -0.1) is 0 Å². The molecule has 0 atom stereocenters. The molecule has 4 aromatic carbocycles. The van der Waals surface area contributed by atoms with Crippen molar-refractivity contribution in [1.29, 1.82) is 0 Å². The average molecular weight is 368 g/mol. The van der Waals surface area contributed by atoms with Gasteiger partial charge >= 0.3 is 0 Å². The second-order valence-corrected chi connectivity index (χ2v) is 6.77. The van der Waals surface area contributed by atoms with E-state index in [0.29, 0.717) is 22.6 Å². The number of carbonyl (C=O) groups excluding carboxylic acids is 2. The monoisotopic (exact) mass is 368 g/mol. The fraction of sp³-hybridized carbons (Fsp3) is 0.0833. The number of ketones is 2. The van der Waals surface area contributed by atoms with Gasteiger partial charge in [0, 0.05) is 21.9 Å². The first kappa shape index (κ1) is 16.5. The molecule has 136 valence electrons. The lowest BCUT2D eigenvalue weighted by molar-refractivity contribution is 0.0974. The molecule has 0 heterocycles. The quantitative estimate of drug-likeness (QED) is 0.450. The van der Waals surface area contributed by atoms with Crippen molar-refractivity contribution in [2.75, 3.05) is 14.2 Å². The third-order valence-electron chi connectivity index (χ3n) is 5.36. The van der Waals surface area contributed by atoms with Gasteiger partial charge in [-0.2, -0.15) is 0 Å². The molecule has 5 rings (SSSR count). The minimum absolute atomic E-state index is 0.226. The molecule has 1 aliphatic rings. The van der Waals surface area contributed by atoms with Gasteiger partial charge in [0.1, 0.15) is 11.5 Å². The van der Waals surface area contributed by atoms with Gasteiger partial charge < -0.3 is 9.47 Å². The van der Waals surface area contributed by atoms with E-state index in [1.165, 1.54) is 14.2 Å². The summed E-state index contributed by atoms with van der Waals surface area (Å²) in [6.45, 7) is 0. The van der Waals surface area contributed by atoms with Crippen LogP contribution in [0.5, 0.6) is 11.5 Å². The fourth-order valence-electron chi connectivity index (χ4n) is 4.12. The molecule has 0 aliphatic heterocycles. The molecule has 0 saturated heterocycles. The van der Waals surface area contributed by atoms with Gasteiger partial charge in [-0.05, 0) is 22.9 Å². The van der Waals surface area contributed by atoms with E-state index in [1.807, 2.05) is 48.5 Å². The number of rotatable bonds is 2. The second kappa shape index (κ2) is 5.92. The van der Waals surface area contributed by atoms with Crippen LogP contribution in [-0.4, -0.2) is 25.8 Å². The number of fused-ring (bicyclic) bond motifs is 4. The Bertz CT molecular complexity index is 1220. The Labute approximate surface area is 161 Å². The van der Waals surface area contributed by atoms with Gasteiger partial charge in [0.15, 0.2) is 11.6 Å². The van der Waals surface area contributed by atoms with Crippen molar-refractivity contribution in [2.45, 2.75) is 0 Å². The standard InChI is InChI=1S/C24H16O4/c1-27-23-15-9-5-6-10-16(15)24(28-2)20-19(23)21(25)17-11-13-7-3-4-8-14(13)12-18(17)22(20)26/h3-12H,1-2H3. The SMILES string of the molecule is COc1c2c(c(OC)c3ccccc13)C(=O)c1cc3ccccc3cc1C2=O. The first-order valence-corrected chi connectivity index (χ1v) is 8.94. The van der Waals surface area contributed by atoms with Crippen LogP contribution in [0.15, 0.2) is 60.7 Å². The normalized spacial score (nSPS) is 12.8. The third-order valence-corrected chi connectivity index (χ3v) is 5.36. The molecule has 4 aromatic rings. The van der Waals surface area contributed by atoms with E-state index in [-0.39, 0.29) is 22.7 Å². The summed E-state index contributed by atoms with van der Waals surface area (Å²) < 4.78 is 11.2. The predicted octanol–water partition coefficient (Wildman–Crippen LogP) is 4.79. The molecule has 0 N–H and O–H groups in total. The Morgan fingerprint density at radius 1 is 0.607 bits per heavy atom. The number of carbonyl (C=O) groups is 2. The van der Waals surface area contributed by atoms with Crippen molar-refractivity contribution in [3.05, 3.63) is 82.9 Å². The van der Waals surface area contributed by atoms with Gasteiger partial charge in [0.05, 0.1) is 25.3 Å². The van der Waals surface area contributed by atoms with Crippen LogP contribution in [0.4, 0.5) is 0 Å². The van der Waals surface area contributed by atoms with Crippen LogP contribution in [0.25, 0.3) is 21.5 Å². The van der Waals surface area contributed by atoms with Crippen molar-refractivity contribution >= 4 is 33.1 Å².